The second kappa shape index (κ2) is 10.1. The third kappa shape index (κ3) is 4.45. The van der Waals surface area contributed by atoms with E-state index in [0.29, 0.717) is 17.2 Å². The maximum atomic E-state index is 13.9. The number of hydrogen-bond donors (Lipinski definition) is 2. The van der Waals surface area contributed by atoms with Crippen molar-refractivity contribution in [1.29, 1.82) is 0 Å². The molecule has 0 aliphatic heterocycles. The fraction of sp³-hybridized carbons (Fsp3) is 0.171. The Kier molecular flexibility index (Phi) is 6.28. The van der Waals surface area contributed by atoms with E-state index < -0.39 is 5.41 Å². The quantitative estimate of drug-likeness (QED) is 0.230. The van der Waals surface area contributed by atoms with Crippen LogP contribution < -0.4 is 10.6 Å². The second-order valence-electron chi connectivity index (χ2n) is 11.1. The van der Waals surface area contributed by atoms with Gasteiger partial charge in [-0.25, -0.2) is 4.98 Å². The van der Waals surface area contributed by atoms with Crippen molar-refractivity contribution in [2.24, 2.45) is 5.41 Å². The molecule has 1 atom stereocenters. The molecule has 3 aliphatic carbocycles. The molecule has 1 heterocycles. The molecular formula is C35H29N3O2S. The number of hydrogen-bond acceptors (Lipinski definition) is 4. The van der Waals surface area contributed by atoms with Crippen molar-refractivity contribution in [3.05, 3.63) is 142 Å². The van der Waals surface area contributed by atoms with E-state index in [1.807, 2.05) is 60.0 Å². The molecule has 2 N–H and O–H groups in total. The number of carbonyl (C=O) groups excluding carboxylic acids is 2. The number of nitrogens with zero attached hydrogens (tertiary/aromatic N) is 1. The third-order valence-corrected chi connectivity index (χ3v) is 9.37. The minimum atomic E-state index is -0.589. The zero-order chi connectivity index (χ0) is 28.0. The SMILES string of the molecule is CC1(C(=O)Nc2nc(-c3ccc(C(=O)NCc4ccccc4)cc3)cs2)CC2c3ccccc3C1c1ccccc12. The number of fused-ring (bicyclic) bond motifs is 1. The van der Waals surface area contributed by atoms with Gasteiger partial charge in [0.15, 0.2) is 5.13 Å². The van der Waals surface area contributed by atoms with Gasteiger partial charge in [0.1, 0.15) is 0 Å². The van der Waals surface area contributed by atoms with Gasteiger partial charge in [-0.3, -0.25) is 9.59 Å². The van der Waals surface area contributed by atoms with Crippen molar-refractivity contribution in [1.82, 2.24) is 10.3 Å². The second-order valence-corrected chi connectivity index (χ2v) is 12.0. The number of benzene rings is 4. The number of nitrogens with one attached hydrogen (secondary N) is 2. The van der Waals surface area contributed by atoms with E-state index in [4.69, 9.17) is 4.98 Å². The third-order valence-electron chi connectivity index (χ3n) is 8.61. The van der Waals surface area contributed by atoms with Gasteiger partial charge in [-0.1, -0.05) is 91.0 Å². The summed E-state index contributed by atoms with van der Waals surface area (Å²) in [4.78, 5) is 31.3. The Morgan fingerprint density at radius 1 is 0.829 bits per heavy atom. The lowest BCUT2D eigenvalue weighted by Gasteiger charge is -2.50. The van der Waals surface area contributed by atoms with Gasteiger partial charge in [0, 0.05) is 34.9 Å². The summed E-state index contributed by atoms with van der Waals surface area (Å²) in [5.41, 5.74) is 7.92. The molecule has 1 aromatic heterocycles. The Balaban J connectivity index is 1.07. The summed E-state index contributed by atoms with van der Waals surface area (Å²) in [5, 5.41) is 8.64. The number of rotatable bonds is 6. The molecule has 1 unspecified atom stereocenters. The summed E-state index contributed by atoms with van der Waals surface area (Å²) >= 11 is 1.42. The van der Waals surface area contributed by atoms with E-state index >= 15 is 0 Å². The zero-order valence-electron chi connectivity index (χ0n) is 22.6. The van der Waals surface area contributed by atoms with Crippen LogP contribution in [-0.2, 0) is 11.3 Å². The number of carbonyl (C=O) groups is 2. The lowest BCUT2D eigenvalue weighted by Crippen LogP contribution is -2.47. The van der Waals surface area contributed by atoms with Gasteiger partial charge in [-0.05, 0) is 53.3 Å². The lowest BCUT2D eigenvalue weighted by molar-refractivity contribution is -0.126. The Morgan fingerprint density at radius 2 is 1.44 bits per heavy atom. The monoisotopic (exact) mass is 555 g/mol. The highest BCUT2D eigenvalue weighted by Gasteiger charge is 2.53. The summed E-state index contributed by atoms with van der Waals surface area (Å²) < 4.78 is 0. The van der Waals surface area contributed by atoms with Crippen LogP contribution in [0.15, 0.2) is 109 Å². The van der Waals surface area contributed by atoms with Crippen LogP contribution in [0.5, 0.6) is 0 Å². The predicted molar refractivity (Wildman–Crippen MR) is 163 cm³/mol. The smallest absolute Gasteiger partial charge is 0.251 e. The maximum Gasteiger partial charge on any atom is 0.251 e. The van der Waals surface area contributed by atoms with Crippen LogP contribution >= 0.6 is 11.3 Å². The minimum absolute atomic E-state index is 0.0000794. The fourth-order valence-electron chi connectivity index (χ4n) is 6.57. The van der Waals surface area contributed by atoms with Crippen LogP contribution in [0.4, 0.5) is 5.13 Å². The van der Waals surface area contributed by atoms with E-state index in [2.05, 4.69) is 66.1 Å². The highest BCUT2D eigenvalue weighted by molar-refractivity contribution is 7.14. The molecule has 5 nitrogen and oxygen atoms in total. The van der Waals surface area contributed by atoms with Crippen molar-refractivity contribution in [2.75, 3.05) is 5.32 Å². The van der Waals surface area contributed by atoms with Crippen LogP contribution in [0.25, 0.3) is 11.3 Å². The van der Waals surface area contributed by atoms with Crippen molar-refractivity contribution < 1.29 is 9.59 Å². The van der Waals surface area contributed by atoms with Crippen LogP contribution in [0.3, 0.4) is 0 Å². The number of amides is 2. The molecule has 202 valence electrons. The average molecular weight is 556 g/mol. The molecule has 0 fully saturated rings. The number of aromatic nitrogens is 1. The summed E-state index contributed by atoms with van der Waals surface area (Å²) in [6.45, 7) is 2.58. The molecule has 0 saturated carbocycles. The standard InChI is InChI=1S/C35H29N3O2S/c1-35(19-29-25-11-5-7-13-27(25)31(35)28-14-8-6-12-26(28)29)33(40)38-34-37-30(21-41-34)23-15-17-24(18-16-23)32(39)36-20-22-9-3-2-4-10-22/h2-18,21,29,31H,19-20H2,1H3,(H,36,39)(H,37,38,40). The average Bonchev–Trinajstić information content (AvgIpc) is 3.49. The van der Waals surface area contributed by atoms with Gasteiger partial charge in [0.2, 0.25) is 5.91 Å². The molecule has 8 rings (SSSR count). The van der Waals surface area contributed by atoms with Crippen molar-refractivity contribution in [3.8, 4) is 11.3 Å². The molecule has 3 aliphatic rings. The minimum Gasteiger partial charge on any atom is -0.348 e. The van der Waals surface area contributed by atoms with E-state index in [1.165, 1.54) is 33.6 Å². The van der Waals surface area contributed by atoms with Crippen molar-refractivity contribution in [2.45, 2.75) is 31.7 Å². The van der Waals surface area contributed by atoms with Gasteiger partial charge >= 0.3 is 0 Å². The molecule has 5 aromatic rings. The normalized spacial score (nSPS) is 20.1. The number of thiazole rings is 1. The van der Waals surface area contributed by atoms with E-state index in [-0.39, 0.29) is 23.7 Å². The molecule has 2 amide bonds. The van der Waals surface area contributed by atoms with Crippen LogP contribution in [-0.4, -0.2) is 16.8 Å². The molecule has 0 spiro atoms. The van der Waals surface area contributed by atoms with Crippen LogP contribution in [0.1, 0.15) is 63.4 Å². The zero-order valence-corrected chi connectivity index (χ0v) is 23.4. The molecule has 0 saturated heterocycles. The van der Waals surface area contributed by atoms with E-state index in [0.717, 1.165) is 23.2 Å². The Morgan fingerprint density at radius 3 is 2.10 bits per heavy atom. The first-order chi connectivity index (χ1) is 20.0. The molecule has 6 heteroatoms. The van der Waals surface area contributed by atoms with Gasteiger partial charge in [-0.15, -0.1) is 11.3 Å². The molecule has 2 bridgehead atoms. The number of anilines is 1. The maximum absolute atomic E-state index is 13.9. The first kappa shape index (κ1) is 25.4. The summed E-state index contributed by atoms with van der Waals surface area (Å²) in [7, 11) is 0. The first-order valence-corrected chi connectivity index (χ1v) is 14.8. The van der Waals surface area contributed by atoms with Crippen molar-refractivity contribution >= 4 is 28.3 Å². The fourth-order valence-corrected chi connectivity index (χ4v) is 7.28. The highest BCUT2D eigenvalue weighted by Crippen LogP contribution is 2.61. The first-order valence-electron chi connectivity index (χ1n) is 13.9. The lowest BCUT2D eigenvalue weighted by atomic mass is 9.52. The van der Waals surface area contributed by atoms with E-state index in [9.17, 15) is 9.59 Å². The summed E-state index contributed by atoms with van der Waals surface area (Å²) in [6.07, 6.45) is 0.767. The largest absolute Gasteiger partial charge is 0.348 e. The van der Waals surface area contributed by atoms with Gasteiger partial charge in [0.25, 0.3) is 5.91 Å². The summed E-state index contributed by atoms with van der Waals surface area (Å²) in [6, 6.07) is 34.4. The predicted octanol–water partition coefficient (Wildman–Crippen LogP) is 7.37. The van der Waals surface area contributed by atoms with Crippen molar-refractivity contribution in [3.63, 3.8) is 0 Å². The highest BCUT2D eigenvalue weighted by atomic mass is 32.1. The van der Waals surface area contributed by atoms with Crippen LogP contribution in [0, 0.1) is 5.41 Å². The molecule has 41 heavy (non-hydrogen) atoms. The topological polar surface area (TPSA) is 71.1 Å². The Hall–Kier alpha value is -4.55. The Labute approximate surface area is 243 Å². The molecule has 4 aromatic carbocycles. The Bertz CT molecular complexity index is 1710. The van der Waals surface area contributed by atoms with Gasteiger partial charge in [-0.2, -0.15) is 0 Å². The van der Waals surface area contributed by atoms with Crippen LogP contribution in [0.2, 0.25) is 0 Å². The molecule has 0 radical (unpaired) electrons. The van der Waals surface area contributed by atoms with E-state index in [1.54, 1.807) is 0 Å². The molecular weight excluding hydrogens is 526 g/mol. The summed E-state index contributed by atoms with van der Waals surface area (Å²) in [5.74, 6) is 0.0889. The van der Waals surface area contributed by atoms with Gasteiger partial charge in [0.05, 0.1) is 11.1 Å². The van der Waals surface area contributed by atoms with Gasteiger partial charge < -0.3 is 10.6 Å².